The smallest absolute Gasteiger partial charge is 0.399 e. The van der Waals surface area contributed by atoms with E-state index in [-0.39, 0.29) is 18.3 Å². The van der Waals surface area contributed by atoms with Crippen LogP contribution in [0.15, 0.2) is 30.3 Å². The molecule has 1 aliphatic rings. The number of rotatable bonds is 4. The molecule has 0 amide bonds. The fraction of sp³-hybridized carbons (Fsp3) is 0.478. The maximum absolute atomic E-state index is 6.17. The van der Waals surface area contributed by atoms with Crippen LogP contribution in [0.5, 0.6) is 0 Å². The number of benzene rings is 1. The molecule has 29 heavy (non-hydrogen) atoms. The Kier molecular flexibility index (Phi) is 4.83. The summed E-state index contributed by atoms with van der Waals surface area (Å²) >= 11 is 0. The lowest BCUT2D eigenvalue weighted by molar-refractivity contribution is 0.00578. The zero-order valence-electron chi connectivity index (χ0n) is 18.5. The Balaban J connectivity index is 1.62. The monoisotopic (exact) mass is 391 g/mol. The fourth-order valence-corrected chi connectivity index (χ4v) is 3.83. The van der Waals surface area contributed by atoms with Gasteiger partial charge in [-0.25, -0.2) is 9.97 Å². The molecule has 1 aromatic carbocycles. The molecule has 1 fully saturated rings. The van der Waals surface area contributed by atoms with Crippen molar-refractivity contribution in [2.24, 2.45) is 0 Å². The number of imidazole rings is 1. The Morgan fingerprint density at radius 1 is 0.966 bits per heavy atom. The normalized spacial score (nSPS) is 18.0. The van der Waals surface area contributed by atoms with Crippen LogP contribution in [0, 0.1) is 13.8 Å². The maximum Gasteiger partial charge on any atom is 0.494 e. The van der Waals surface area contributed by atoms with Crippen molar-refractivity contribution in [2.75, 3.05) is 0 Å². The summed E-state index contributed by atoms with van der Waals surface area (Å²) in [5, 5.41) is 0. The van der Waals surface area contributed by atoms with Crippen LogP contribution >= 0.6 is 0 Å². The van der Waals surface area contributed by atoms with Gasteiger partial charge in [-0.2, -0.15) is 0 Å². The predicted octanol–water partition coefficient (Wildman–Crippen LogP) is 3.96. The van der Waals surface area contributed by atoms with Crippen LogP contribution in [0.3, 0.4) is 0 Å². The summed E-state index contributed by atoms with van der Waals surface area (Å²) in [4.78, 5) is 9.62. The van der Waals surface area contributed by atoms with Gasteiger partial charge in [0.05, 0.1) is 17.7 Å². The van der Waals surface area contributed by atoms with Gasteiger partial charge < -0.3 is 13.9 Å². The molecule has 0 atom stereocenters. The molecule has 0 bridgehead atoms. The standard InChI is InChI=1S/C23H30BN3O2/c1-8-19-26-20-15(2)13-16(3)25-21(20)27(19)14-17-9-11-18(12-10-17)24-28-22(4,5)23(6,7)29-24/h9-13H,8,14H2,1-7H3. The van der Waals surface area contributed by atoms with Crippen LogP contribution in [-0.4, -0.2) is 32.9 Å². The molecule has 1 aliphatic heterocycles. The van der Waals surface area contributed by atoms with Crippen LogP contribution in [-0.2, 0) is 22.3 Å². The second-order valence-corrected chi connectivity index (χ2v) is 9.05. The van der Waals surface area contributed by atoms with Gasteiger partial charge in [0.25, 0.3) is 0 Å². The number of pyridine rings is 1. The van der Waals surface area contributed by atoms with E-state index in [0.29, 0.717) is 0 Å². The first-order valence-electron chi connectivity index (χ1n) is 10.4. The van der Waals surface area contributed by atoms with E-state index in [1.165, 1.54) is 11.1 Å². The van der Waals surface area contributed by atoms with E-state index in [4.69, 9.17) is 19.3 Å². The Hall–Kier alpha value is -2.18. The highest BCUT2D eigenvalue weighted by atomic mass is 16.7. The van der Waals surface area contributed by atoms with Crippen molar-refractivity contribution < 1.29 is 9.31 Å². The molecule has 0 unspecified atom stereocenters. The van der Waals surface area contributed by atoms with Gasteiger partial charge in [0.15, 0.2) is 5.65 Å². The maximum atomic E-state index is 6.17. The number of aromatic nitrogens is 3. The van der Waals surface area contributed by atoms with Crippen molar-refractivity contribution in [3.05, 3.63) is 53.0 Å². The lowest BCUT2D eigenvalue weighted by Gasteiger charge is -2.32. The molecule has 5 nitrogen and oxygen atoms in total. The second-order valence-electron chi connectivity index (χ2n) is 9.05. The molecule has 152 valence electrons. The van der Waals surface area contributed by atoms with Gasteiger partial charge in [0, 0.05) is 12.1 Å². The summed E-state index contributed by atoms with van der Waals surface area (Å²) in [7, 11) is -0.332. The first-order chi connectivity index (χ1) is 13.6. The van der Waals surface area contributed by atoms with Crippen LogP contribution in [0.25, 0.3) is 11.2 Å². The van der Waals surface area contributed by atoms with Crippen molar-refractivity contribution in [1.29, 1.82) is 0 Å². The third-order valence-electron chi connectivity index (χ3n) is 6.26. The molecule has 3 heterocycles. The van der Waals surface area contributed by atoms with E-state index in [1.54, 1.807) is 0 Å². The van der Waals surface area contributed by atoms with E-state index in [1.807, 2.05) is 6.92 Å². The lowest BCUT2D eigenvalue weighted by Crippen LogP contribution is -2.41. The van der Waals surface area contributed by atoms with Gasteiger partial charge in [-0.05, 0) is 64.2 Å². The minimum atomic E-state index is -0.332. The first kappa shape index (κ1) is 20.1. The number of nitrogens with zero attached hydrogens (tertiary/aromatic N) is 3. The largest absolute Gasteiger partial charge is 0.494 e. The number of hydrogen-bond donors (Lipinski definition) is 0. The first-order valence-corrected chi connectivity index (χ1v) is 10.4. The molecule has 0 N–H and O–H groups in total. The molecule has 2 aromatic heterocycles. The topological polar surface area (TPSA) is 49.2 Å². The summed E-state index contributed by atoms with van der Waals surface area (Å²) in [5.74, 6) is 1.07. The van der Waals surface area contributed by atoms with E-state index >= 15 is 0 Å². The van der Waals surface area contributed by atoms with Crippen LogP contribution < -0.4 is 5.46 Å². The third-order valence-corrected chi connectivity index (χ3v) is 6.26. The molecule has 0 aliphatic carbocycles. The molecule has 6 heteroatoms. The highest BCUT2D eigenvalue weighted by Gasteiger charge is 2.51. The zero-order valence-corrected chi connectivity index (χ0v) is 18.5. The Bertz CT molecular complexity index is 1040. The minimum absolute atomic E-state index is 0.330. The molecular formula is C23H30BN3O2. The van der Waals surface area contributed by atoms with E-state index in [0.717, 1.165) is 41.1 Å². The molecule has 4 rings (SSSR count). The highest BCUT2D eigenvalue weighted by molar-refractivity contribution is 6.62. The van der Waals surface area contributed by atoms with E-state index in [9.17, 15) is 0 Å². The number of hydrogen-bond acceptors (Lipinski definition) is 4. The van der Waals surface area contributed by atoms with Gasteiger partial charge in [-0.1, -0.05) is 31.2 Å². The molecule has 0 spiro atoms. The van der Waals surface area contributed by atoms with Gasteiger partial charge in [0.2, 0.25) is 0 Å². The molecule has 1 saturated heterocycles. The Morgan fingerprint density at radius 2 is 1.59 bits per heavy atom. The molecular weight excluding hydrogens is 361 g/mol. The van der Waals surface area contributed by atoms with Crippen LogP contribution in [0.1, 0.15) is 57.3 Å². The van der Waals surface area contributed by atoms with E-state index < -0.39 is 0 Å². The van der Waals surface area contributed by atoms with Crippen molar-refractivity contribution in [2.45, 2.75) is 72.6 Å². The number of aryl methyl sites for hydroxylation is 3. The fourth-order valence-electron chi connectivity index (χ4n) is 3.83. The van der Waals surface area contributed by atoms with Crippen LogP contribution in [0.4, 0.5) is 0 Å². The minimum Gasteiger partial charge on any atom is -0.399 e. The highest BCUT2D eigenvalue weighted by Crippen LogP contribution is 2.36. The quantitative estimate of drug-likeness (QED) is 0.632. The Morgan fingerprint density at radius 3 is 2.17 bits per heavy atom. The van der Waals surface area contributed by atoms with Crippen molar-refractivity contribution >= 4 is 23.7 Å². The average Bonchev–Trinajstić information content (AvgIpc) is 3.09. The van der Waals surface area contributed by atoms with Gasteiger partial charge in [-0.15, -0.1) is 0 Å². The summed E-state index contributed by atoms with van der Waals surface area (Å²) in [6.45, 7) is 15.3. The number of fused-ring (bicyclic) bond motifs is 1. The summed E-state index contributed by atoms with van der Waals surface area (Å²) in [6.07, 6.45) is 0.876. The third kappa shape index (κ3) is 3.49. The predicted molar refractivity (Wildman–Crippen MR) is 118 cm³/mol. The summed E-state index contributed by atoms with van der Waals surface area (Å²) in [5.41, 5.74) is 5.76. The zero-order chi connectivity index (χ0) is 21.0. The molecule has 0 radical (unpaired) electrons. The van der Waals surface area contributed by atoms with Crippen molar-refractivity contribution in [3.63, 3.8) is 0 Å². The summed E-state index contributed by atoms with van der Waals surface area (Å²) in [6, 6.07) is 10.6. The SMILES string of the molecule is CCc1nc2c(C)cc(C)nc2n1Cc1ccc(B2OC(C)(C)C(C)(C)O2)cc1. The van der Waals surface area contributed by atoms with Crippen molar-refractivity contribution in [3.8, 4) is 0 Å². The average molecular weight is 391 g/mol. The van der Waals surface area contributed by atoms with Gasteiger partial charge in [-0.3, -0.25) is 0 Å². The van der Waals surface area contributed by atoms with Gasteiger partial charge in [0.1, 0.15) is 11.3 Å². The lowest BCUT2D eigenvalue weighted by atomic mass is 9.79. The molecule has 3 aromatic rings. The van der Waals surface area contributed by atoms with Crippen LogP contribution in [0.2, 0.25) is 0 Å². The second kappa shape index (κ2) is 6.96. The van der Waals surface area contributed by atoms with E-state index in [2.05, 4.69) is 76.4 Å². The Labute approximate surface area is 173 Å². The van der Waals surface area contributed by atoms with Gasteiger partial charge >= 0.3 is 7.12 Å². The summed E-state index contributed by atoms with van der Waals surface area (Å²) < 4.78 is 14.6. The van der Waals surface area contributed by atoms with Crippen molar-refractivity contribution in [1.82, 2.24) is 14.5 Å². The molecule has 0 saturated carbocycles.